The molecule has 15 heavy (non-hydrogen) atoms. The van der Waals surface area contributed by atoms with Crippen LogP contribution in [0.25, 0.3) is 0 Å². The molecular weight excluding hydrogens is 216 g/mol. The van der Waals surface area contributed by atoms with E-state index in [-0.39, 0.29) is 12.6 Å². The standard InChI is InChI=1S/C10H13ClN2O2/c11-8-3-1-7(2-4-8)5-9(6-12)13-10(14)15/h1-4,9,13H,5-6,12H2,(H,14,15)/t9-/m0/s1. The van der Waals surface area contributed by atoms with Crippen LogP contribution in [-0.4, -0.2) is 23.8 Å². The van der Waals surface area contributed by atoms with Crippen LogP contribution in [0.5, 0.6) is 0 Å². The summed E-state index contributed by atoms with van der Waals surface area (Å²) in [6.45, 7) is 0.273. The summed E-state index contributed by atoms with van der Waals surface area (Å²) in [6.07, 6.45) is -0.487. The fraction of sp³-hybridized carbons (Fsp3) is 0.300. The Labute approximate surface area is 93.0 Å². The minimum atomic E-state index is -1.06. The molecule has 0 aliphatic heterocycles. The molecule has 0 fully saturated rings. The van der Waals surface area contributed by atoms with Crippen LogP contribution in [-0.2, 0) is 6.42 Å². The van der Waals surface area contributed by atoms with Gasteiger partial charge in [0.1, 0.15) is 0 Å². The van der Waals surface area contributed by atoms with Gasteiger partial charge in [0, 0.05) is 17.6 Å². The molecule has 0 saturated heterocycles. The van der Waals surface area contributed by atoms with Crippen molar-refractivity contribution >= 4 is 17.7 Å². The summed E-state index contributed by atoms with van der Waals surface area (Å²) in [5, 5.41) is 11.6. The van der Waals surface area contributed by atoms with Crippen LogP contribution >= 0.6 is 11.6 Å². The second kappa shape index (κ2) is 5.58. The van der Waals surface area contributed by atoms with E-state index in [4.69, 9.17) is 22.4 Å². The highest BCUT2D eigenvalue weighted by atomic mass is 35.5. The monoisotopic (exact) mass is 228 g/mol. The Morgan fingerprint density at radius 1 is 1.47 bits per heavy atom. The molecule has 0 spiro atoms. The van der Waals surface area contributed by atoms with E-state index in [9.17, 15) is 4.79 Å². The van der Waals surface area contributed by atoms with E-state index in [2.05, 4.69) is 5.32 Å². The van der Waals surface area contributed by atoms with Crippen molar-refractivity contribution in [2.45, 2.75) is 12.5 Å². The van der Waals surface area contributed by atoms with E-state index in [1.165, 1.54) is 0 Å². The number of hydrogen-bond acceptors (Lipinski definition) is 2. The lowest BCUT2D eigenvalue weighted by Gasteiger charge is -2.14. The Morgan fingerprint density at radius 3 is 2.53 bits per heavy atom. The van der Waals surface area contributed by atoms with Gasteiger partial charge < -0.3 is 16.2 Å². The Bertz CT molecular complexity index is 327. The smallest absolute Gasteiger partial charge is 0.404 e. The number of carbonyl (C=O) groups is 1. The maximum Gasteiger partial charge on any atom is 0.404 e. The Hall–Kier alpha value is -1.26. The minimum absolute atomic E-state index is 0.260. The van der Waals surface area contributed by atoms with Crippen LogP contribution in [0.4, 0.5) is 4.79 Å². The second-order valence-electron chi connectivity index (χ2n) is 3.21. The van der Waals surface area contributed by atoms with Gasteiger partial charge in [-0.15, -0.1) is 0 Å². The number of hydrogen-bond donors (Lipinski definition) is 3. The van der Waals surface area contributed by atoms with Gasteiger partial charge in [-0.05, 0) is 24.1 Å². The van der Waals surface area contributed by atoms with Gasteiger partial charge in [-0.25, -0.2) is 4.79 Å². The molecule has 1 amide bonds. The topological polar surface area (TPSA) is 75.3 Å². The molecule has 0 unspecified atom stereocenters. The number of nitrogens with one attached hydrogen (secondary N) is 1. The van der Waals surface area contributed by atoms with Gasteiger partial charge in [-0.1, -0.05) is 23.7 Å². The predicted molar refractivity (Wildman–Crippen MR) is 59.2 cm³/mol. The number of nitrogens with two attached hydrogens (primary N) is 1. The zero-order chi connectivity index (χ0) is 11.3. The number of rotatable bonds is 4. The van der Waals surface area contributed by atoms with Gasteiger partial charge in [0.25, 0.3) is 0 Å². The summed E-state index contributed by atoms with van der Waals surface area (Å²) in [5.74, 6) is 0. The molecule has 4 N–H and O–H groups in total. The highest BCUT2D eigenvalue weighted by Crippen LogP contribution is 2.10. The van der Waals surface area contributed by atoms with E-state index >= 15 is 0 Å². The number of carboxylic acid groups (broad SMARTS) is 1. The van der Waals surface area contributed by atoms with Gasteiger partial charge in [-0.3, -0.25) is 0 Å². The fourth-order valence-electron chi connectivity index (χ4n) is 1.27. The van der Waals surface area contributed by atoms with Crippen LogP contribution in [0.2, 0.25) is 5.02 Å². The lowest BCUT2D eigenvalue weighted by molar-refractivity contribution is 0.190. The van der Waals surface area contributed by atoms with E-state index in [0.29, 0.717) is 11.4 Å². The van der Waals surface area contributed by atoms with Gasteiger partial charge in [-0.2, -0.15) is 0 Å². The first-order chi connectivity index (χ1) is 7.11. The first-order valence-corrected chi connectivity index (χ1v) is 4.93. The van der Waals surface area contributed by atoms with Crippen molar-refractivity contribution < 1.29 is 9.90 Å². The lowest BCUT2D eigenvalue weighted by atomic mass is 10.1. The zero-order valence-electron chi connectivity index (χ0n) is 8.11. The van der Waals surface area contributed by atoms with Crippen LogP contribution in [0.3, 0.4) is 0 Å². The Balaban J connectivity index is 2.58. The third-order valence-electron chi connectivity index (χ3n) is 2.01. The molecule has 0 heterocycles. The van der Waals surface area contributed by atoms with E-state index in [1.54, 1.807) is 12.1 Å². The summed E-state index contributed by atoms with van der Waals surface area (Å²) in [5.41, 5.74) is 6.45. The van der Waals surface area contributed by atoms with Crippen LogP contribution in [0.1, 0.15) is 5.56 Å². The summed E-state index contributed by atoms with van der Waals surface area (Å²) < 4.78 is 0. The maximum atomic E-state index is 10.4. The molecule has 0 aliphatic rings. The molecular formula is C10H13ClN2O2. The summed E-state index contributed by atoms with van der Waals surface area (Å²) in [6, 6.07) is 6.99. The average molecular weight is 229 g/mol. The molecule has 1 atom stereocenters. The molecule has 0 radical (unpaired) electrons. The number of benzene rings is 1. The highest BCUT2D eigenvalue weighted by molar-refractivity contribution is 6.30. The molecule has 0 aliphatic carbocycles. The third-order valence-corrected chi connectivity index (χ3v) is 2.26. The first-order valence-electron chi connectivity index (χ1n) is 4.56. The summed E-state index contributed by atoms with van der Waals surface area (Å²) >= 11 is 5.73. The molecule has 82 valence electrons. The average Bonchev–Trinajstić information content (AvgIpc) is 2.19. The SMILES string of the molecule is NC[C@H](Cc1ccc(Cl)cc1)NC(=O)O. The van der Waals surface area contributed by atoms with E-state index in [1.807, 2.05) is 12.1 Å². The predicted octanol–water partition coefficient (Wildman–Crippen LogP) is 1.48. The van der Waals surface area contributed by atoms with Crippen molar-refractivity contribution in [1.82, 2.24) is 5.32 Å². The van der Waals surface area contributed by atoms with Gasteiger partial charge in [0.05, 0.1) is 0 Å². The molecule has 1 aromatic carbocycles. The lowest BCUT2D eigenvalue weighted by Crippen LogP contribution is -2.40. The molecule has 4 nitrogen and oxygen atoms in total. The van der Waals surface area contributed by atoms with Crippen LogP contribution in [0.15, 0.2) is 24.3 Å². The summed E-state index contributed by atoms with van der Waals surface area (Å²) in [7, 11) is 0. The van der Waals surface area contributed by atoms with Gasteiger partial charge in [0.15, 0.2) is 0 Å². The van der Waals surface area contributed by atoms with Crippen molar-refractivity contribution in [3.05, 3.63) is 34.9 Å². The van der Waals surface area contributed by atoms with Crippen molar-refractivity contribution in [2.75, 3.05) is 6.54 Å². The van der Waals surface area contributed by atoms with E-state index < -0.39 is 6.09 Å². The zero-order valence-corrected chi connectivity index (χ0v) is 8.87. The second-order valence-corrected chi connectivity index (χ2v) is 3.65. The number of amides is 1. The normalized spacial score (nSPS) is 12.1. The van der Waals surface area contributed by atoms with Crippen LogP contribution in [0, 0.1) is 0 Å². The highest BCUT2D eigenvalue weighted by Gasteiger charge is 2.09. The molecule has 5 heteroatoms. The molecule has 0 bridgehead atoms. The molecule has 1 rings (SSSR count). The quantitative estimate of drug-likeness (QED) is 0.731. The maximum absolute atomic E-state index is 10.4. The third kappa shape index (κ3) is 4.18. The first kappa shape index (κ1) is 11.8. The van der Waals surface area contributed by atoms with Crippen molar-refractivity contribution in [3.63, 3.8) is 0 Å². The van der Waals surface area contributed by atoms with Crippen molar-refractivity contribution in [1.29, 1.82) is 0 Å². The van der Waals surface area contributed by atoms with Crippen molar-refractivity contribution in [3.8, 4) is 0 Å². The number of halogens is 1. The fourth-order valence-corrected chi connectivity index (χ4v) is 1.40. The molecule has 1 aromatic rings. The van der Waals surface area contributed by atoms with Crippen LogP contribution < -0.4 is 11.1 Å². The van der Waals surface area contributed by atoms with Gasteiger partial charge >= 0.3 is 6.09 Å². The molecule has 0 saturated carbocycles. The Morgan fingerprint density at radius 2 is 2.07 bits per heavy atom. The Kier molecular flexibility index (Phi) is 4.39. The van der Waals surface area contributed by atoms with E-state index in [0.717, 1.165) is 5.56 Å². The largest absolute Gasteiger partial charge is 0.465 e. The van der Waals surface area contributed by atoms with Crippen molar-refractivity contribution in [2.24, 2.45) is 5.73 Å². The summed E-state index contributed by atoms with van der Waals surface area (Å²) in [4.78, 5) is 10.4. The molecule has 0 aromatic heterocycles. The van der Waals surface area contributed by atoms with Gasteiger partial charge in [0.2, 0.25) is 0 Å². The minimum Gasteiger partial charge on any atom is -0.465 e.